The van der Waals surface area contributed by atoms with Crippen molar-refractivity contribution >= 4 is 24.0 Å². The number of nitrogens with two attached hydrogens (primary N) is 1. The lowest BCUT2D eigenvalue weighted by Gasteiger charge is -2.05. The highest BCUT2D eigenvalue weighted by atomic mass is 35.5. The number of hydrogen-bond acceptors (Lipinski definition) is 2. The van der Waals surface area contributed by atoms with Crippen molar-refractivity contribution in [2.24, 2.45) is 5.73 Å². The number of halogens is 3. The zero-order valence-electron chi connectivity index (χ0n) is 7.95. The zero-order valence-corrected chi connectivity index (χ0v) is 9.52. The first-order valence-corrected chi connectivity index (χ1v) is 4.53. The molecule has 0 aliphatic heterocycles. The summed E-state index contributed by atoms with van der Waals surface area (Å²) in [7, 11) is 0. The van der Waals surface area contributed by atoms with Crippen LogP contribution in [-0.4, -0.2) is 13.2 Å². The van der Waals surface area contributed by atoms with Crippen LogP contribution in [0.1, 0.15) is 0 Å². The van der Waals surface area contributed by atoms with E-state index in [1.807, 2.05) is 0 Å². The Balaban J connectivity index is 0.00000196. The molecule has 0 saturated carbocycles. The van der Waals surface area contributed by atoms with Gasteiger partial charge in [-0.1, -0.05) is 23.7 Å². The van der Waals surface area contributed by atoms with Gasteiger partial charge in [-0.25, -0.2) is 4.39 Å². The molecule has 2 N–H and O–H groups in total. The average molecular weight is 252 g/mol. The third kappa shape index (κ3) is 5.02. The van der Waals surface area contributed by atoms with Crippen LogP contribution in [0.25, 0.3) is 0 Å². The topological polar surface area (TPSA) is 35.2 Å². The fourth-order valence-corrected chi connectivity index (χ4v) is 1.09. The Labute approximate surface area is 99.3 Å². The van der Waals surface area contributed by atoms with Gasteiger partial charge in [0, 0.05) is 6.54 Å². The molecule has 0 saturated heterocycles. The number of rotatable bonds is 4. The minimum absolute atomic E-state index is 0. The number of benzene rings is 1. The summed E-state index contributed by atoms with van der Waals surface area (Å²) in [6.07, 6.45) is 1.26. The van der Waals surface area contributed by atoms with E-state index in [4.69, 9.17) is 22.1 Å². The first kappa shape index (κ1) is 14.2. The van der Waals surface area contributed by atoms with E-state index in [-0.39, 0.29) is 25.6 Å². The maximum absolute atomic E-state index is 12.8. The molecule has 5 heteroatoms. The highest BCUT2D eigenvalue weighted by molar-refractivity contribution is 6.32. The summed E-state index contributed by atoms with van der Waals surface area (Å²) in [6, 6.07) is 6.91. The van der Waals surface area contributed by atoms with Crippen molar-refractivity contribution in [3.8, 4) is 5.75 Å². The molecule has 0 aliphatic carbocycles. The summed E-state index contributed by atoms with van der Waals surface area (Å²) < 4.78 is 18.0. The number of ether oxygens (including phenoxy) is 1. The van der Waals surface area contributed by atoms with Crippen molar-refractivity contribution in [2.45, 2.75) is 0 Å². The summed E-state index contributed by atoms with van der Waals surface area (Å²) >= 11 is 5.79. The first-order valence-electron chi connectivity index (χ1n) is 4.16. The average Bonchev–Trinajstić information content (AvgIpc) is 2.17. The molecule has 0 unspecified atom stereocenters. The van der Waals surface area contributed by atoms with Gasteiger partial charge in [0.05, 0.1) is 5.02 Å². The Morgan fingerprint density at radius 3 is 2.73 bits per heavy atom. The molecule has 15 heavy (non-hydrogen) atoms. The summed E-state index contributed by atoms with van der Waals surface area (Å²) in [5, 5.41) is 0.466. The Morgan fingerprint density at radius 2 is 2.13 bits per heavy atom. The zero-order chi connectivity index (χ0) is 10.4. The molecule has 0 bridgehead atoms. The van der Waals surface area contributed by atoms with Crippen molar-refractivity contribution in [1.82, 2.24) is 0 Å². The van der Waals surface area contributed by atoms with E-state index in [1.165, 1.54) is 6.08 Å². The maximum Gasteiger partial charge on any atom is 0.139 e. The van der Waals surface area contributed by atoms with E-state index in [2.05, 4.69) is 0 Å². The van der Waals surface area contributed by atoms with Crippen molar-refractivity contribution in [3.63, 3.8) is 0 Å². The van der Waals surface area contributed by atoms with Crippen LogP contribution in [0.5, 0.6) is 5.75 Å². The fraction of sp³-hybridized carbons (Fsp3) is 0.200. The molecule has 0 aromatic heterocycles. The van der Waals surface area contributed by atoms with Gasteiger partial charge >= 0.3 is 0 Å². The SMILES string of the molecule is Cl.NC/C=C(/F)COc1ccccc1Cl. The molecule has 0 atom stereocenters. The Hall–Kier alpha value is -0.770. The Kier molecular flexibility index (Phi) is 7.13. The molecule has 84 valence electrons. The van der Waals surface area contributed by atoms with E-state index >= 15 is 0 Å². The van der Waals surface area contributed by atoms with E-state index in [1.54, 1.807) is 24.3 Å². The molecule has 1 aromatic carbocycles. The summed E-state index contributed by atoms with van der Waals surface area (Å²) in [6.45, 7) is 0.0264. The van der Waals surface area contributed by atoms with Gasteiger partial charge < -0.3 is 10.5 Å². The van der Waals surface area contributed by atoms with Gasteiger partial charge in [-0.2, -0.15) is 0 Å². The Morgan fingerprint density at radius 1 is 1.47 bits per heavy atom. The molecule has 1 rings (SSSR count). The molecular formula is C10H12Cl2FNO. The van der Waals surface area contributed by atoms with Crippen LogP contribution in [0.15, 0.2) is 36.2 Å². The van der Waals surface area contributed by atoms with E-state index in [9.17, 15) is 4.39 Å². The highest BCUT2D eigenvalue weighted by Gasteiger charge is 2.00. The van der Waals surface area contributed by atoms with E-state index in [0.717, 1.165) is 0 Å². The molecule has 0 fully saturated rings. The molecule has 0 heterocycles. The standard InChI is InChI=1S/C10H11ClFNO.ClH/c11-9-3-1-2-4-10(9)14-7-8(12)5-6-13;/h1-5H,6-7,13H2;1H/b8-5+;. The summed E-state index contributed by atoms with van der Waals surface area (Å²) in [5.74, 6) is 0.0714. The number of para-hydroxylation sites is 1. The predicted molar refractivity (Wildman–Crippen MR) is 62.4 cm³/mol. The first-order chi connectivity index (χ1) is 6.74. The second kappa shape index (κ2) is 7.51. The van der Waals surface area contributed by atoms with Crippen LogP contribution >= 0.6 is 24.0 Å². The molecule has 1 aromatic rings. The van der Waals surface area contributed by atoms with Gasteiger partial charge in [0.15, 0.2) is 0 Å². The molecule has 0 aliphatic rings. The minimum Gasteiger partial charge on any atom is -0.485 e. The van der Waals surface area contributed by atoms with Gasteiger partial charge in [-0.05, 0) is 18.2 Å². The third-order valence-corrected chi connectivity index (χ3v) is 1.85. The number of hydrogen-bond donors (Lipinski definition) is 1. The summed E-state index contributed by atoms with van der Waals surface area (Å²) in [4.78, 5) is 0. The maximum atomic E-state index is 12.8. The third-order valence-electron chi connectivity index (χ3n) is 1.54. The van der Waals surface area contributed by atoms with Gasteiger partial charge in [0.2, 0.25) is 0 Å². The summed E-state index contributed by atoms with van der Waals surface area (Å²) in [5.41, 5.74) is 5.13. The molecule has 0 amide bonds. The van der Waals surface area contributed by atoms with Gasteiger partial charge in [0.1, 0.15) is 18.2 Å². The second-order valence-electron chi connectivity index (χ2n) is 2.61. The van der Waals surface area contributed by atoms with Gasteiger partial charge in [-0.3, -0.25) is 0 Å². The molecule has 2 nitrogen and oxygen atoms in total. The molecule has 0 spiro atoms. The predicted octanol–water partition coefficient (Wildman–Crippen LogP) is 2.95. The lowest BCUT2D eigenvalue weighted by Crippen LogP contribution is -2.01. The van der Waals surface area contributed by atoms with Crippen LogP contribution in [0.2, 0.25) is 5.02 Å². The monoisotopic (exact) mass is 251 g/mol. The van der Waals surface area contributed by atoms with Crippen molar-refractivity contribution in [3.05, 3.63) is 41.2 Å². The van der Waals surface area contributed by atoms with Gasteiger partial charge in [0.25, 0.3) is 0 Å². The highest BCUT2D eigenvalue weighted by Crippen LogP contribution is 2.23. The van der Waals surface area contributed by atoms with Crippen LogP contribution < -0.4 is 10.5 Å². The quantitative estimate of drug-likeness (QED) is 0.894. The molecule has 0 radical (unpaired) electrons. The van der Waals surface area contributed by atoms with Crippen LogP contribution in [0.4, 0.5) is 4.39 Å². The largest absolute Gasteiger partial charge is 0.485 e. The fourth-order valence-electron chi connectivity index (χ4n) is 0.895. The van der Waals surface area contributed by atoms with E-state index < -0.39 is 5.83 Å². The molecular weight excluding hydrogens is 240 g/mol. The van der Waals surface area contributed by atoms with Crippen LogP contribution in [-0.2, 0) is 0 Å². The van der Waals surface area contributed by atoms with Crippen molar-refractivity contribution < 1.29 is 9.13 Å². The van der Waals surface area contributed by atoms with Crippen LogP contribution in [0.3, 0.4) is 0 Å². The smallest absolute Gasteiger partial charge is 0.139 e. The van der Waals surface area contributed by atoms with Gasteiger partial charge in [-0.15, -0.1) is 12.4 Å². The lowest BCUT2D eigenvalue weighted by molar-refractivity contribution is 0.318. The lowest BCUT2D eigenvalue weighted by atomic mass is 10.3. The normalized spacial score (nSPS) is 10.7. The Bertz CT molecular complexity index is 331. The van der Waals surface area contributed by atoms with Crippen molar-refractivity contribution in [2.75, 3.05) is 13.2 Å². The van der Waals surface area contributed by atoms with Crippen LogP contribution in [0, 0.1) is 0 Å². The second-order valence-corrected chi connectivity index (χ2v) is 3.01. The van der Waals surface area contributed by atoms with Crippen molar-refractivity contribution in [1.29, 1.82) is 0 Å². The minimum atomic E-state index is -0.396. The van der Waals surface area contributed by atoms with E-state index in [0.29, 0.717) is 10.8 Å².